The van der Waals surface area contributed by atoms with E-state index >= 15 is 0 Å². The Kier molecular flexibility index (Phi) is 15.4. The summed E-state index contributed by atoms with van der Waals surface area (Å²) in [6, 6.07) is 0. The number of nitrogens with zero attached hydrogens (tertiary/aromatic N) is 1. The number of aliphatic carboxylic acids is 1. The fraction of sp³-hybridized carbons (Fsp3) is 0.739. The third-order valence-electron chi connectivity index (χ3n) is 4.39. The molecule has 0 aromatic heterocycles. The van der Waals surface area contributed by atoms with Gasteiger partial charge < -0.3 is 14.3 Å². The first-order valence-corrected chi connectivity index (χ1v) is 10.8. The minimum atomic E-state index is -0.962. The van der Waals surface area contributed by atoms with E-state index in [1.807, 2.05) is 27.2 Å². The van der Waals surface area contributed by atoms with Gasteiger partial charge >= 0.3 is 11.9 Å². The molecule has 1 unspecified atom stereocenters. The van der Waals surface area contributed by atoms with Gasteiger partial charge in [-0.2, -0.15) is 0 Å². The first kappa shape index (κ1) is 26.4. The van der Waals surface area contributed by atoms with E-state index in [0.717, 1.165) is 6.42 Å². The Bertz CT molecular complexity index is 477. The predicted octanol–water partition coefficient (Wildman–Crippen LogP) is 5.11. The van der Waals surface area contributed by atoms with Crippen LogP contribution in [0, 0.1) is 0 Å². The number of quaternary nitrogens is 1. The van der Waals surface area contributed by atoms with Gasteiger partial charge in [0.2, 0.25) is 0 Å². The number of likely N-dealkylation sites (N-methyl/N-ethyl adjacent to an activating group) is 1. The van der Waals surface area contributed by atoms with Gasteiger partial charge in [0.1, 0.15) is 6.54 Å². The summed E-state index contributed by atoms with van der Waals surface area (Å²) in [5.41, 5.74) is 0. The summed E-state index contributed by atoms with van der Waals surface area (Å²) >= 11 is 0. The van der Waals surface area contributed by atoms with Crippen molar-refractivity contribution in [2.24, 2.45) is 0 Å². The van der Waals surface area contributed by atoms with Gasteiger partial charge in [-0.1, -0.05) is 76.5 Å². The van der Waals surface area contributed by atoms with Crippen LogP contribution < -0.4 is 0 Å². The minimum Gasteiger partial charge on any atom is -0.481 e. The van der Waals surface area contributed by atoms with Gasteiger partial charge in [0.15, 0.2) is 6.10 Å². The average molecular weight is 397 g/mol. The van der Waals surface area contributed by atoms with Gasteiger partial charge in [0.25, 0.3) is 0 Å². The Balaban J connectivity index is 3.91. The Morgan fingerprint density at radius 3 is 2.04 bits per heavy atom. The van der Waals surface area contributed by atoms with Crippen LogP contribution in [-0.4, -0.2) is 55.3 Å². The molecule has 28 heavy (non-hydrogen) atoms. The van der Waals surface area contributed by atoms with Gasteiger partial charge in [-0.15, -0.1) is 0 Å². The molecule has 5 nitrogen and oxygen atoms in total. The molecule has 162 valence electrons. The van der Waals surface area contributed by atoms with E-state index in [9.17, 15) is 9.59 Å². The maximum atomic E-state index is 11.9. The molecule has 0 rings (SSSR count). The highest BCUT2D eigenvalue weighted by molar-refractivity contribution is 5.82. The third kappa shape index (κ3) is 19.2. The van der Waals surface area contributed by atoms with Crippen LogP contribution >= 0.6 is 0 Å². The zero-order valence-electron chi connectivity index (χ0n) is 18.5. The fourth-order valence-corrected chi connectivity index (χ4v) is 3.03. The van der Waals surface area contributed by atoms with Gasteiger partial charge in [-0.05, 0) is 12.8 Å². The van der Waals surface area contributed by atoms with Crippen molar-refractivity contribution in [2.45, 2.75) is 83.7 Å². The summed E-state index contributed by atoms with van der Waals surface area (Å²) in [4.78, 5) is 22.8. The van der Waals surface area contributed by atoms with Crippen molar-refractivity contribution in [3.63, 3.8) is 0 Å². The maximum Gasteiger partial charge on any atom is 0.331 e. The van der Waals surface area contributed by atoms with Gasteiger partial charge in [0, 0.05) is 6.08 Å². The highest BCUT2D eigenvalue weighted by Crippen LogP contribution is 2.10. The van der Waals surface area contributed by atoms with Gasteiger partial charge in [-0.3, -0.25) is 4.79 Å². The standard InChI is InChI=1S/C23H41NO4/c1-5-6-7-8-9-10-11-12-13-14-15-16-17-18-23(27)28-21(19-22(25)26)20-24(2,3)4/h15-18,21H,5-14,19-20H2,1-4H3/p+1. The van der Waals surface area contributed by atoms with Crippen LogP contribution in [0.25, 0.3) is 0 Å². The number of hydrogen-bond donors (Lipinski definition) is 1. The Hall–Kier alpha value is -1.62. The summed E-state index contributed by atoms with van der Waals surface area (Å²) in [5, 5.41) is 8.97. The second-order valence-corrected chi connectivity index (χ2v) is 8.53. The molecule has 0 saturated carbocycles. The lowest BCUT2D eigenvalue weighted by atomic mass is 10.1. The van der Waals surface area contributed by atoms with E-state index in [0.29, 0.717) is 11.0 Å². The van der Waals surface area contributed by atoms with Crippen LogP contribution in [0.15, 0.2) is 24.3 Å². The molecule has 1 atom stereocenters. The quantitative estimate of drug-likeness (QED) is 0.122. The van der Waals surface area contributed by atoms with Crippen LogP contribution in [0.4, 0.5) is 0 Å². The average Bonchev–Trinajstić information content (AvgIpc) is 2.56. The molecule has 0 spiro atoms. The molecular formula is C23H42NO4+. The van der Waals surface area contributed by atoms with E-state index in [1.54, 1.807) is 6.08 Å². The van der Waals surface area contributed by atoms with Crippen molar-refractivity contribution >= 4 is 11.9 Å². The number of carbonyl (C=O) groups excluding carboxylic acids is 1. The Morgan fingerprint density at radius 1 is 0.929 bits per heavy atom. The van der Waals surface area contributed by atoms with Crippen LogP contribution in [-0.2, 0) is 14.3 Å². The molecule has 0 saturated heterocycles. The molecular weight excluding hydrogens is 354 g/mol. The molecule has 0 fully saturated rings. The number of hydrogen-bond acceptors (Lipinski definition) is 3. The smallest absolute Gasteiger partial charge is 0.331 e. The molecule has 0 aliphatic carbocycles. The van der Waals surface area contributed by atoms with Gasteiger partial charge in [-0.25, -0.2) is 4.79 Å². The monoisotopic (exact) mass is 396 g/mol. The number of rotatable bonds is 17. The summed E-state index contributed by atoms with van der Waals surface area (Å²) in [5.74, 6) is -1.46. The summed E-state index contributed by atoms with van der Waals surface area (Å²) in [7, 11) is 5.81. The molecule has 0 amide bonds. The molecule has 0 bridgehead atoms. The van der Waals surface area contributed by atoms with Crippen molar-refractivity contribution in [3.8, 4) is 0 Å². The summed E-state index contributed by atoms with van der Waals surface area (Å²) in [6.45, 7) is 2.70. The van der Waals surface area contributed by atoms with Crippen LogP contribution in [0.3, 0.4) is 0 Å². The lowest BCUT2D eigenvalue weighted by Gasteiger charge is -2.28. The maximum absolute atomic E-state index is 11.9. The highest BCUT2D eigenvalue weighted by Gasteiger charge is 2.23. The molecule has 0 radical (unpaired) electrons. The summed E-state index contributed by atoms with van der Waals surface area (Å²) < 4.78 is 5.82. The molecule has 0 aliphatic rings. The van der Waals surface area contributed by atoms with Crippen LogP contribution in [0.5, 0.6) is 0 Å². The molecule has 0 heterocycles. The number of ether oxygens (including phenoxy) is 1. The Morgan fingerprint density at radius 2 is 1.50 bits per heavy atom. The topological polar surface area (TPSA) is 63.6 Å². The molecule has 0 aromatic carbocycles. The number of carboxylic acid groups (broad SMARTS) is 1. The van der Waals surface area contributed by atoms with E-state index < -0.39 is 18.0 Å². The normalized spacial score (nSPS) is 13.3. The molecule has 0 aliphatic heterocycles. The second-order valence-electron chi connectivity index (χ2n) is 8.53. The van der Waals surface area contributed by atoms with E-state index in [2.05, 4.69) is 13.0 Å². The molecule has 0 aromatic rings. The fourth-order valence-electron chi connectivity index (χ4n) is 3.03. The highest BCUT2D eigenvalue weighted by atomic mass is 16.5. The third-order valence-corrected chi connectivity index (χ3v) is 4.39. The zero-order valence-corrected chi connectivity index (χ0v) is 18.5. The number of carboxylic acids is 1. The molecule has 1 N–H and O–H groups in total. The second kappa shape index (κ2) is 16.3. The lowest BCUT2D eigenvalue weighted by molar-refractivity contribution is -0.873. The van der Waals surface area contributed by atoms with Crippen molar-refractivity contribution in [3.05, 3.63) is 24.3 Å². The first-order chi connectivity index (χ1) is 13.2. The molecule has 5 heteroatoms. The van der Waals surface area contributed by atoms with E-state index in [1.165, 1.54) is 63.9 Å². The number of carbonyl (C=O) groups is 2. The van der Waals surface area contributed by atoms with Crippen molar-refractivity contribution in [1.29, 1.82) is 0 Å². The largest absolute Gasteiger partial charge is 0.481 e. The van der Waals surface area contributed by atoms with Crippen molar-refractivity contribution in [1.82, 2.24) is 0 Å². The van der Waals surface area contributed by atoms with E-state index in [4.69, 9.17) is 9.84 Å². The zero-order chi connectivity index (χ0) is 21.3. The first-order valence-electron chi connectivity index (χ1n) is 10.8. The number of esters is 1. The van der Waals surface area contributed by atoms with Crippen molar-refractivity contribution in [2.75, 3.05) is 27.7 Å². The number of allylic oxidation sites excluding steroid dienone is 3. The van der Waals surface area contributed by atoms with Crippen LogP contribution in [0.1, 0.15) is 77.6 Å². The van der Waals surface area contributed by atoms with Crippen molar-refractivity contribution < 1.29 is 23.9 Å². The minimum absolute atomic E-state index is 0.177. The lowest BCUT2D eigenvalue weighted by Crippen LogP contribution is -2.43. The van der Waals surface area contributed by atoms with Crippen LogP contribution in [0.2, 0.25) is 0 Å². The number of unbranched alkanes of at least 4 members (excludes halogenated alkanes) is 9. The summed E-state index contributed by atoms with van der Waals surface area (Å²) in [6.07, 6.45) is 19.0. The Labute approximate surface area is 172 Å². The van der Waals surface area contributed by atoms with Gasteiger partial charge in [0.05, 0.1) is 27.6 Å². The van der Waals surface area contributed by atoms with E-state index in [-0.39, 0.29) is 6.42 Å². The predicted molar refractivity (Wildman–Crippen MR) is 115 cm³/mol. The SMILES string of the molecule is CCCCCCCCCCCC=CC=CC(=O)OC(CC(=O)O)C[N+](C)(C)C.